The maximum Gasteiger partial charge on any atom is 0.325 e. The predicted octanol–water partition coefficient (Wildman–Crippen LogP) is 1.02. The Balaban J connectivity index is 1.86. The molecule has 1 atom stereocenters. The summed E-state index contributed by atoms with van der Waals surface area (Å²) in [5, 5.41) is 6.30. The second kappa shape index (κ2) is 5.41. The number of urea groups is 1. The van der Waals surface area contributed by atoms with Crippen molar-refractivity contribution in [1.82, 2.24) is 25.0 Å². The van der Waals surface area contributed by atoms with E-state index in [0.29, 0.717) is 0 Å². The fraction of sp³-hybridized carbons (Fsp3) is 0.286. The molecule has 0 bridgehead atoms. The predicted molar refractivity (Wildman–Crippen MR) is 74.0 cm³/mol. The van der Waals surface area contributed by atoms with Crippen LogP contribution < -0.4 is 5.32 Å². The minimum absolute atomic E-state index is 0.0422. The summed E-state index contributed by atoms with van der Waals surface area (Å²) in [6, 6.07) is 2.12. The number of carbonyl (C=O) groups excluding carboxylic acids is 2. The average Bonchev–Trinajstić information content (AvgIpc) is 3.09. The monoisotopic (exact) mass is 321 g/mol. The van der Waals surface area contributed by atoms with E-state index in [-0.39, 0.29) is 18.7 Å². The molecule has 1 unspecified atom stereocenters. The van der Waals surface area contributed by atoms with Gasteiger partial charge in [0, 0.05) is 5.56 Å². The second-order valence-corrected chi connectivity index (χ2v) is 5.29. The Labute approximate surface area is 129 Å². The third-order valence-corrected chi connectivity index (χ3v) is 3.76. The number of benzene rings is 1. The van der Waals surface area contributed by atoms with Crippen LogP contribution in [0.1, 0.15) is 12.5 Å². The van der Waals surface area contributed by atoms with Gasteiger partial charge in [0.05, 0.1) is 13.1 Å². The van der Waals surface area contributed by atoms with E-state index in [2.05, 4.69) is 15.4 Å². The molecule has 9 heteroatoms. The largest absolute Gasteiger partial charge is 0.325 e. The first kappa shape index (κ1) is 15.1. The van der Waals surface area contributed by atoms with Gasteiger partial charge in [-0.2, -0.15) is 5.10 Å². The molecule has 3 rings (SSSR count). The van der Waals surface area contributed by atoms with Gasteiger partial charge >= 0.3 is 6.03 Å². The number of hydrogen-bond donors (Lipinski definition) is 1. The van der Waals surface area contributed by atoms with E-state index in [9.17, 15) is 18.4 Å². The SMILES string of the molecule is CC1(c2cc(F)ccc2F)NC(=O)N(CCn2cncn2)C1=O. The maximum absolute atomic E-state index is 14.0. The van der Waals surface area contributed by atoms with Crippen molar-refractivity contribution in [3.8, 4) is 0 Å². The molecule has 0 spiro atoms. The third-order valence-electron chi connectivity index (χ3n) is 3.76. The highest BCUT2D eigenvalue weighted by molar-refractivity contribution is 6.07. The molecule has 0 radical (unpaired) electrons. The molecule has 1 aromatic heterocycles. The molecule has 1 aliphatic rings. The van der Waals surface area contributed by atoms with E-state index >= 15 is 0 Å². The van der Waals surface area contributed by atoms with Gasteiger partial charge in [0.1, 0.15) is 29.8 Å². The fourth-order valence-electron chi connectivity index (χ4n) is 2.51. The molecule has 1 aliphatic heterocycles. The summed E-state index contributed by atoms with van der Waals surface area (Å²) in [5.74, 6) is -2.10. The van der Waals surface area contributed by atoms with Gasteiger partial charge in [-0.05, 0) is 25.1 Å². The molecule has 1 aromatic carbocycles. The Morgan fingerprint density at radius 3 is 2.74 bits per heavy atom. The van der Waals surface area contributed by atoms with Crippen LogP contribution in [0.5, 0.6) is 0 Å². The molecule has 3 amide bonds. The topological polar surface area (TPSA) is 80.1 Å². The van der Waals surface area contributed by atoms with Crippen LogP contribution in [0.15, 0.2) is 30.9 Å². The van der Waals surface area contributed by atoms with E-state index in [1.54, 1.807) is 0 Å². The van der Waals surface area contributed by atoms with Gasteiger partial charge in [0.25, 0.3) is 5.91 Å². The highest BCUT2D eigenvalue weighted by atomic mass is 19.1. The Bertz CT molecular complexity index is 765. The first-order chi connectivity index (χ1) is 10.9. The van der Waals surface area contributed by atoms with E-state index < -0.39 is 29.1 Å². The van der Waals surface area contributed by atoms with Crippen molar-refractivity contribution in [2.75, 3.05) is 6.54 Å². The van der Waals surface area contributed by atoms with Crippen molar-refractivity contribution in [2.24, 2.45) is 0 Å². The van der Waals surface area contributed by atoms with Crippen molar-refractivity contribution < 1.29 is 18.4 Å². The maximum atomic E-state index is 14.0. The van der Waals surface area contributed by atoms with Gasteiger partial charge in [-0.3, -0.25) is 14.4 Å². The van der Waals surface area contributed by atoms with Gasteiger partial charge < -0.3 is 5.32 Å². The van der Waals surface area contributed by atoms with Gasteiger partial charge in [-0.1, -0.05) is 0 Å². The van der Waals surface area contributed by atoms with Crippen LogP contribution in [0, 0.1) is 11.6 Å². The first-order valence-electron chi connectivity index (χ1n) is 6.84. The summed E-state index contributed by atoms with van der Waals surface area (Å²) < 4.78 is 28.9. The summed E-state index contributed by atoms with van der Waals surface area (Å²) in [6.45, 7) is 1.64. The Hall–Kier alpha value is -2.84. The number of nitrogens with one attached hydrogen (secondary N) is 1. The van der Waals surface area contributed by atoms with Crippen LogP contribution in [0.3, 0.4) is 0 Å². The van der Waals surface area contributed by atoms with Crippen LogP contribution in [-0.2, 0) is 16.9 Å². The molecule has 1 fully saturated rings. The molecule has 120 valence electrons. The van der Waals surface area contributed by atoms with Crippen LogP contribution in [0.25, 0.3) is 0 Å². The zero-order chi connectivity index (χ0) is 16.6. The summed E-state index contributed by atoms with van der Waals surface area (Å²) in [7, 11) is 0. The number of carbonyl (C=O) groups is 2. The van der Waals surface area contributed by atoms with E-state index in [4.69, 9.17) is 0 Å². The lowest BCUT2D eigenvalue weighted by Crippen LogP contribution is -2.42. The molecular weight excluding hydrogens is 308 g/mol. The van der Waals surface area contributed by atoms with Gasteiger partial charge in [-0.25, -0.2) is 18.6 Å². The molecule has 0 aliphatic carbocycles. The minimum Gasteiger partial charge on any atom is -0.319 e. The number of nitrogens with zero attached hydrogens (tertiary/aromatic N) is 4. The van der Waals surface area contributed by atoms with Crippen LogP contribution in [0.2, 0.25) is 0 Å². The minimum atomic E-state index is -1.65. The lowest BCUT2D eigenvalue weighted by molar-refractivity contribution is -0.131. The zero-order valence-corrected chi connectivity index (χ0v) is 12.2. The Morgan fingerprint density at radius 2 is 2.04 bits per heavy atom. The third kappa shape index (κ3) is 2.54. The molecule has 1 saturated heterocycles. The zero-order valence-electron chi connectivity index (χ0n) is 12.2. The van der Waals surface area contributed by atoms with Crippen molar-refractivity contribution in [1.29, 1.82) is 0 Å². The summed E-state index contributed by atoms with van der Waals surface area (Å²) in [5.41, 5.74) is -1.86. The standard InChI is InChI=1S/C14H13F2N5O2/c1-14(10-6-9(15)2-3-11(10)16)12(22)21(13(23)19-14)5-4-20-8-17-7-18-20/h2-3,6-8H,4-5H2,1H3,(H,19,23). The summed E-state index contributed by atoms with van der Waals surface area (Å²) >= 11 is 0. The van der Waals surface area contributed by atoms with Gasteiger partial charge in [-0.15, -0.1) is 0 Å². The highest BCUT2D eigenvalue weighted by Crippen LogP contribution is 2.31. The molecule has 23 heavy (non-hydrogen) atoms. The molecule has 7 nitrogen and oxygen atoms in total. The fourth-order valence-corrected chi connectivity index (χ4v) is 2.51. The number of aromatic nitrogens is 3. The van der Waals surface area contributed by atoms with Crippen molar-refractivity contribution in [3.63, 3.8) is 0 Å². The second-order valence-electron chi connectivity index (χ2n) is 5.29. The lowest BCUT2D eigenvalue weighted by Gasteiger charge is -2.22. The smallest absolute Gasteiger partial charge is 0.319 e. The lowest BCUT2D eigenvalue weighted by atomic mass is 9.91. The van der Waals surface area contributed by atoms with Crippen molar-refractivity contribution in [2.45, 2.75) is 19.0 Å². The number of hydrogen-bond acceptors (Lipinski definition) is 4. The molecule has 2 heterocycles. The number of halogens is 2. The van der Waals surface area contributed by atoms with Crippen LogP contribution >= 0.6 is 0 Å². The number of imide groups is 1. The number of rotatable bonds is 4. The molecule has 1 N–H and O–H groups in total. The Morgan fingerprint density at radius 1 is 1.26 bits per heavy atom. The van der Waals surface area contributed by atoms with Crippen molar-refractivity contribution in [3.05, 3.63) is 48.1 Å². The van der Waals surface area contributed by atoms with Crippen molar-refractivity contribution >= 4 is 11.9 Å². The van der Waals surface area contributed by atoms with Crippen LogP contribution in [0.4, 0.5) is 13.6 Å². The van der Waals surface area contributed by atoms with E-state index in [0.717, 1.165) is 23.1 Å². The first-order valence-corrected chi connectivity index (χ1v) is 6.84. The van der Waals surface area contributed by atoms with E-state index in [1.165, 1.54) is 24.3 Å². The molecular formula is C14H13F2N5O2. The quantitative estimate of drug-likeness (QED) is 0.853. The Kier molecular flexibility index (Phi) is 3.55. The van der Waals surface area contributed by atoms with E-state index in [1.807, 2.05) is 0 Å². The summed E-state index contributed by atoms with van der Waals surface area (Å²) in [6.07, 6.45) is 2.78. The molecule has 0 saturated carbocycles. The van der Waals surface area contributed by atoms with Gasteiger partial charge in [0.15, 0.2) is 0 Å². The number of amides is 3. The normalized spacial score (nSPS) is 20.9. The highest BCUT2D eigenvalue weighted by Gasteiger charge is 2.50. The van der Waals surface area contributed by atoms with Crippen LogP contribution in [-0.4, -0.2) is 38.1 Å². The molecule has 2 aromatic rings. The summed E-state index contributed by atoms with van der Waals surface area (Å²) in [4.78, 5) is 29.3. The average molecular weight is 321 g/mol. The van der Waals surface area contributed by atoms with Gasteiger partial charge in [0.2, 0.25) is 0 Å².